The molecule has 0 spiro atoms. The van der Waals surface area contributed by atoms with Crippen LogP contribution < -0.4 is 5.69 Å². The summed E-state index contributed by atoms with van der Waals surface area (Å²) < 4.78 is 3.99. The fourth-order valence-electron chi connectivity index (χ4n) is 1.76. The van der Waals surface area contributed by atoms with Gasteiger partial charge in [0, 0.05) is 6.07 Å². The standard InChI is InChI=1S/C10H9BrN6O/c1-5-9(11)6(2)17(15-5)7-3-8-13-14-10(18)16(8)4-12-7/h3-4H,1-2H3,(H,14,18). The highest BCUT2D eigenvalue weighted by Crippen LogP contribution is 2.22. The van der Waals surface area contributed by atoms with E-state index in [1.807, 2.05) is 13.8 Å². The third-order valence-corrected chi connectivity index (χ3v) is 3.86. The molecule has 0 saturated heterocycles. The minimum atomic E-state index is -0.307. The average molecular weight is 309 g/mol. The lowest BCUT2D eigenvalue weighted by atomic mass is 10.4. The van der Waals surface area contributed by atoms with Gasteiger partial charge in [-0.25, -0.2) is 24.0 Å². The van der Waals surface area contributed by atoms with Crippen LogP contribution in [-0.2, 0) is 0 Å². The van der Waals surface area contributed by atoms with Gasteiger partial charge >= 0.3 is 5.69 Å². The zero-order valence-electron chi connectivity index (χ0n) is 9.68. The minimum Gasteiger partial charge on any atom is -0.246 e. The Morgan fingerprint density at radius 1 is 1.39 bits per heavy atom. The lowest BCUT2D eigenvalue weighted by Gasteiger charge is -2.02. The molecule has 0 aliphatic carbocycles. The third kappa shape index (κ3) is 1.49. The van der Waals surface area contributed by atoms with Crippen molar-refractivity contribution in [3.05, 3.63) is 38.7 Å². The van der Waals surface area contributed by atoms with Crippen molar-refractivity contribution < 1.29 is 0 Å². The second kappa shape index (κ2) is 3.77. The predicted octanol–water partition coefficient (Wildman–Crippen LogP) is 0.983. The van der Waals surface area contributed by atoms with Gasteiger partial charge in [0.2, 0.25) is 0 Å². The second-order valence-electron chi connectivity index (χ2n) is 3.90. The SMILES string of the molecule is Cc1nn(-c2cc3n[nH]c(=O)n3cn2)c(C)c1Br. The molecule has 0 aliphatic heterocycles. The summed E-state index contributed by atoms with van der Waals surface area (Å²) in [5.74, 6) is 0.618. The average Bonchev–Trinajstić information content (AvgIpc) is 2.85. The third-order valence-electron chi connectivity index (χ3n) is 2.72. The van der Waals surface area contributed by atoms with Gasteiger partial charge in [-0.1, -0.05) is 0 Å². The van der Waals surface area contributed by atoms with Crippen molar-refractivity contribution in [2.24, 2.45) is 0 Å². The molecular formula is C10H9BrN6O. The molecule has 7 nitrogen and oxygen atoms in total. The Bertz CT molecular complexity index is 798. The van der Waals surface area contributed by atoms with Crippen LogP contribution in [0, 0.1) is 13.8 Å². The largest absolute Gasteiger partial charge is 0.348 e. The van der Waals surface area contributed by atoms with Gasteiger partial charge in [0.05, 0.1) is 15.9 Å². The van der Waals surface area contributed by atoms with Gasteiger partial charge in [-0.05, 0) is 29.8 Å². The molecule has 0 radical (unpaired) electrons. The number of aromatic amines is 1. The maximum absolute atomic E-state index is 11.3. The van der Waals surface area contributed by atoms with Crippen LogP contribution in [0.3, 0.4) is 0 Å². The van der Waals surface area contributed by atoms with E-state index in [0.717, 1.165) is 15.9 Å². The molecule has 0 atom stereocenters. The van der Waals surface area contributed by atoms with Gasteiger partial charge in [0.15, 0.2) is 11.5 Å². The van der Waals surface area contributed by atoms with E-state index in [1.165, 1.54) is 10.7 Å². The first kappa shape index (κ1) is 11.1. The predicted molar refractivity (Wildman–Crippen MR) is 67.9 cm³/mol. The Kier molecular flexibility index (Phi) is 2.34. The normalized spacial score (nSPS) is 11.3. The summed E-state index contributed by atoms with van der Waals surface area (Å²) in [4.78, 5) is 15.5. The highest BCUT2D eigenvalue weighted by molar-refractivity contribution is 9.10. The fraction of sp³-hybridized carbons (Fsp3) is 0.200. The van der Waals surface area contributed by atoms with Crippen molar-refractivity contribution >= 4 is 21.6 Å². The summed E-state index contributed by atoms with van der Waals surface area (Å²) in [7, 11) is 0. The maximum Gasteiger partial charge on any atom is 0.348 e. The summed E-state index contributed by atoms with van der Waals surface area (Å²) in [5.41, 5.74) is 2.03. The van der Waals surface area contributed by atoms with E-state index in [-0.39, 0.29) is 5.69 Å². The maximum atomic E-state index is 11.3. The molecular weight excluding hydrogens is 300 g/mol. The molecule has 8 heteroatoms. The fourth-order valence-corrected chi connectivity index (χ4v) is 2.01. The first-order chi connectivity index (χ1) is 8.58. The molecule has 3 aromatic rings. The van der Waals surface area contributed by atoms with E-state index in [0.29, 0.717) is 11.5 Å². The second-order valence-corrected chi connectivity index (χ2v) is 4.69. The number of fused-ring (bicyclic) bond motifs is 1. The number of halogens is 1. The van der Waals surface area contributed by atoms with Crippen LogP contribution in [-0.4, -0.2) is 29.4 Å². The van der Waals surface area contributed by atoms with Crippen LogP contribution in [0.4, 0.5) is 0 Å². The van der Waals surface area contributed by atoms with E-state index in [2.05, 4.69) is 36.2 Å². The molecule has 3 rings (SSSR count). The van der Waals surface area contributed by atoms with E-state index < -0.39 is 0 Å². The van der Waals surface area contributed by atoms with E-state index in [4.69, 9.17) is 0 Å². The van der Waals surface area contributed by atoms with Crippen LogP contribution in [0.15, 0.2) is 21.7 Å². The van der Waals surface area contributed by atoms with Crippen molar-refractivity contribution in [3.63, 3.8) is 0 Å². The van der Waals surface area contributed by atoms with Gasteiger partial charge < -0.3 is 0 Å². The van der Waals surface area contributed by atoms with Crippen LogP contribution in [0.5, 0.6) is 0 Å². The van der Waals surface area contributed by atoms with Gasteiger partial charge in [0.1, 0.15) is 6.33 Å². The number of nitrogens with one attached hydrogen (secondary N) is 1. The molecule has 18 heavy (non-hydrogen) atoms. The van der Waals surface area contributed by atoms with Gasteiger partial charge in [-0.2, -0.15) is 10.2 Å². The Morgan fingerprint density at radius 3 is 2.83 bits per heavy atom. The lowest BCUT2D eigenvalue weighted by Crippen LogP contribution is -2.11. The summed E-state index contributed by atoms with van der Waals surface area (Å²) >= 11 is 3.46. The molecule has 3 heterocycles. The number of H-pyrrole nitrogens is 1. The van der Waals surface area contributed by atoms with E-state index in [1.54, 1.807) is 10.7 Å². The molecule has 0 fully saturated rings. The monoisotopic (exact) mass is 308 g/mol. The van der Waals surface area contributed by atoms with Crippen LogP contribution >= 0.6 is 15.9 Å². The Balaban J connectivity index is 2.25. The van der Waals surface area contributed by atoms with Gasteiger partial charge in [0.25, 0.3) is 0 Å². The summed E-state index contributed by atoms with van der Waals surface area (Å²) in [5, 5.41) is 10.6. The van der Waals surface area contributed by atoms with E-state index >= 15 is 0 Å². The van der Waals surface area contributed by atoms with Crippen molar-refractivity contribution in [2.75, 3.05) is 0 Å². The number of aromatic nitrogens is 6. The van der Waals surface area contributed by atoms with Gasteiger partial charge in [-0.3, -0.25) is 0 Å². The summed E-state index contributed by atoms with van der Waals surface area (Å²) in [6, 6.07) is 1.70. The molecule has 1 N–H and O–H groups in total. The molecule has 0 bridgehead atoms. The van der Waals surface area contributed by atoms with Crippen molar-refractivity contribution in [1.82, 2.24) is 29.4 Å². The number of hydrogen-bond donors (Lipinski definition) is 1. The highest BCUT2D eigenvalue weighted by atomic mass is 79.9. The van der Waals surface area contributed by atoms with Crippen LogP contribution in [0.25, 0.3) is 11.5 Å². The molecule has 0 amide bonds. The zero-order chi connectivity index (χ0) is 12.9. The highest BCUT2D eigenvalue weighted by Gasteiger charge is 2.12. The molecule has 0 aliphatic rings. The summed E-state index contributed by atoms with van der Waals surface area (Å²) in [6.07, 6.45) is 1.43. The Labute approximate surface area is 110 Å². The number of hydrogen-bond acceptors (Lipinski definition) is 4. The van der Waals surface area contributed by atoms with Crippen LogP contribution in [0.2, 0.25) is 0 Å². The molecule has 0 aromatic carbocycles. The Morgan fingerprint density at radius 2 is 2.17 bits per heavy atom. The molecule has 0 unspecified atom stereocenters. The first-order valence-corrected chi connectivity index (χ1v) is 6.02. The first-order valence-electron chi connectivity index (χ1n) is 5.23. The number of nitrogens with zero attached hydrogens (tertiary/aromatic N) is 5. The minimum absolute atomic E-state index is 0.307. The van der Waals surface area contributed by atoms with Gasteiger partial charge in [-0.15, -0.1) is 0 Å². The van der Waals surface area contributed by atoms with Crippen molar-refractivity contribution in [1.29, 1.82) is 0 Å². The summed E-state index contributed by atoms with van der Waals surface area (Å²) in [6.45, 7) is 3.85. The van der Waals surface area contributed by atoms with Crippen molar-refractivity contribution in [3.8, 4) is 5.82 Å². The van der Waals surface area contributed by atoms with E-state index in [9.17, 15) is 4.79 Å². The quantitative estimate of drug-likeness (QED) is 0.726. The lowest BCUT2D eigenvalue weighted by molar-refractivity contribution is 0.797. The molecule has 92 valence electrons. The molecule has 0 saturated carbocycles. The smallest absolute Gasteiger partial charge is 0.246 e. The number of rotatable bonds is 1. The zero-order valence-corrected chi connectivity index (χ0v) is 11.3. The molecule has 3 aromatic heterocycles. The topological polar surface area (TPSA) is 80.9 Å². The Hall–Kier alpha value is -1.96. The number of aryl methyl sites for hydroxylation is 1. The van der Waals surface area contributed by atoms with Crippen LogP contribution in [0.1, 0.15) is 11.4 Å². The van der Waals surface area contributed by atoms with Crippen molar-refractivity contribution in [2.45, 2.75) is 13.8 Å².